The highest BCUT2D eigenvalue weighted by Gasteiger charge is 2.28. The van der Waals surface area contributed by atoms with Crippen LogP contribution in [0.1, 0.15) is 17.7 Å². The van der Waals surface area contributed by atoms with Crippen LogP contribution >= 0.6 is 24.0 Å². The Bertz CT molecular complexity index is 891. The van der Waals surface area contributed by atoms with E-state index in [1.54, 1.807) is 13.2 Å². The van der Waals surface area contributed by atoms with Crippen LogP contribution < -0.4 is 15.4 Å². The van der Waals surface area contributed by atoms with Crippen LogP contribution in [0.5, 0.6) is 5.75 Å². The molecule has 2 heterocycles. The lowest BCUT2D eigenvalue weighted by Crippen LogP contribution is -2.43. The molecule has 7 nitrogen and oxygen atoms in total. The molecule has 3 rings (SSSR count). The number of nitrogens with one attached hydrogen (secondary N) is 2. The van der Waals surface area contributed by atoms with Crippen molar-refractivity contribution in [3.63, 3.8) is 0 Å². The van der Waals surface area contributed by atoms with E-state index in [0.29, 0.717) is 25.5 Å². The zero-order valence-electron chi connectivity index (χ0n) is 15.7. The van der Waals surface area contributed by atoms with E-state index in [1.165, 1.54) is 0 Å². The topological polar surface area (TPSA) is 92.7 Å². The number of aromatic nitrogens is 1. The van der Waals surface area contributed by atoms with Gasteiger partial charge in [0.05, 0.1) is 17.2 Å². The van der Waals surface area contributed by atoms with Crippen molar-refractivity contribution in [2.45, 2.75) is 25.6 Å². The third-order valence-electron chi connectivity index (χ3n) is 4.27. The molecule has 1 atom stereocenters. The van der Waals surface area contributed by atoms with Gasteiger partial charge in [-0.3, -0.25) is 9.98 Å². The van der Waals surface area contributed by atoms with Gasteiger partial charge in [-0.1, -0.05) is 18.2 Å². The third kappa shape index (κ3) is 6.93. The second-order valence-corrected chi connectivity index (χ2v) is 8.66. The normalized spacial score (nSPS) is 18.2. The number of hydrogen-bond acceptors (Lipinski definition) is 5. The minimum absolute atomic E-state index is 0. The molecule has 28 heavy (non-hydrogen) atoms. The first-order valence-corrected chi connectivity index (χ1v) is 10.7. The van der Waals surface area contributed by atoms with Gasteiger partial charge in [-0.15, -0.1) is 24.0 Å². The maximum absolute atomic E-state index is 11.6. The van der Waals surface area contributed by atoms with Crippen molar-refractivity contribution in [3.05, 3.63) is 59.9 Å². The first kappa shape index (κ1) is 22.4. The van der Waals surface area contributed by atoms with Gasteiger partial charge in [-0.05, 0) is 36.2 Å². The van der Waals surface area contributed by atoms with Crippen LogP contribution in [0.3, 0.4) is 0 Å². The third-order valence-corrected chi connectivity index (χ3v) is 6.04. The van der Waals surface area contributed by atoms with Crippen LogP contribution in [0, 0.1) is 0 Å². The molecular formula is C19H25IN4O3S. The Kier molecular flexibility index (Phi) is 8.49. The summed E-state index contributed by atoms with van der Waals surface area (Å²) in [6.45, 7) is 0.969. The number of pyridine rings is 1. The largest absolute Gasteiger partial charge is 0.487 e. The molecule has 0 bridgehead atoms. The number of halogens is 1. The van der Waals surface area contributed by atoms with E-state index in [2.05, 4.69) is 20.6 Å². The molecule has 1 aliphatic rings. The van der Waals surface area contributed by atoms with Crippen LogP contribution in [0.2, 0.25) is 0 Å². The SMILES string of the molecule is CN=C(NCc1cccc(OCc2ccccn2)c1)NC1CCS(=O)(=O)C1.I. The van der Waals surface area contributed by atoms with Gasteiger partial charge in [-0.2, -0.15) is 0 Å². The number of sulfone groups is 1. The van der Waals surface area contributed by atoms with E-state index in [0.717, 1.165) is 17.0 Å². The molecule has 1 saturated heterocycles. The van der Waals surface area contributed by atoms with E-state index >= 15 is 0 Å². The smallest absolute Gasteiger partial charge is 0.191 e. The summed E-state index contributed by atoms with van der Waals surface area (Å²) in [7, 11) is -1.25. The number of hydrogen-bond donors (Lipinski definition) is 2. The Labute approximate surface area is 182 Å². The van der Waals surface area contributed by atoms with Gasteiger partial charge in [0, 0.05) is 25.8 Å². The van der Waals surface area contributed by atoms with Crippen molar-refractivity contribution >= 4 is 39.8 Å². The summed E-state index contributed by atoms with van der Waals surface area (Å²) in [5.74, 6) is 1.75. The summed E-state index contributed by atoms with van der Waals surface area (Å²) >= 11 is 0. The quantitative estimate of drug-likeness (QED) is 0.347. The highest BCUT2D eigenvalue weighted by atomic mass is 127. The fourth-order valence-corrected chi connectivity index (χ4v) is 4.54. The molecule has 0 amide bonds. The molecule has 2 N–H and O–H groups in total. The minimum Gasteiger partial charge on any atom is -0.487 e. The lowest BCUT2D eigenvalue weighted by molar-refractivity contribution is 0.301. The van der Waals surface area contributed by atoms with E-state index in [4.69, 9.17) is 4.74 Å². The second-order valence-electron chi connectivity index (χ2n) is 6.43. The number of nitrogens with zero attached hydrogens (tertiary/aromatic N) is 2. The van der Waals surface area contributed by atoms with Gasteiger partial charge >= 0.3 is 0 Å². The van der Waals surface area contributed by atoms with Gasteiger partial charge < -0.3 is 15.4 Å². The summed E-state index contributed by atoms with van der Waals surface area (Å²) in [6, 6.07) is 13.4. The minimum atomic E-state index is -2.92. The Morgan fingerprint density at radius 1 is 1.29 bits per heavy atom. The van der Waals surface area contributed by atoms with E-state index in [9.17, 15) is 8.42 Å². The molecule has 0 aliphatic carbocycles. The lowest BCUT2D eigenvalue weighted by Gasteiger charge is -2.16. The molecule has 1 aliphatic heterocycles. The lowest BCUT2D eigenvalue weighted by atomic mass is 10.2. The van der Waals surface area contributed by atoms with Gasteiger partial charge in [0.15, 0.2) is 15.8 Å². The van der Waals surface area contributed by atoms with Crippen LogP contribution in [0.25, 0.3) is 0 Å². The maximum Gasteiger partial charge on any atom is 0.191 e. The Morgan fingerprint density at radius 3 is 2.82 bits per heavy atom. The van der Waals surface area contributed by atoms with Gasteiger partial charge in [0.2, 0.25) is 0 Å². The van der Waals surface area contributed by atoms with Gasteiger partial charge in [-0.25, -0.2) is 8.42 Å². The first-order chi connectivity index (χ1) is 13.0. The monoisotopic (exact) mass is 516 g/mol. The number of ether oxygens (including phenoxy) is 1. The Hall–Kier alpha value is -1.88. The van der Waals surface area contributed by atoms with Crippen molar-refractivity contribution < 1.29 is 13.2 Å². The molecule has 1 aromatic heterocycles. The first-order valence-electron chi connectivity index (χ1n) is 8.83. The van der Waals surface area contributed by atoms with Gasteiger partial charge in [0.25, 0.3) is 0 Å². The van der Waals surface area contributed by atoms with E-state index < -0.39 is 9.84 Å². The van der Waals surface area contributed by atoms with E-state index in [1.807, 2.05) is 42.5 Å². The summed E-state index contributed by atoms with van der Waals surface area (Å²) < 4.78 is 28.9. The zero-order chi connectivity index (χ0) is 19.1. The molecule has 1 unspecified atom stereocenters. The molecule has 1 fully saturated rings. The standard InChI is InChI=1S/C19H24N4O3S.HI/c1-20-19(23-17-8-10-27(24,25)14-17)22-12-15-5-4-7-18(11-15)26-13-16-6-2-3-9-21-16;/h2-7,9,11,17H,8,10,12-14H2,1H3,(H2,20,22,23);1H. The summed E-state index contributed by atoms with van der Waals surface area (Å²) in [5, 5.41) is 6.39. The molecule has 9 heteroatoms. The Morgan fingerprint density at radius 2 is 2.14 bits per heavy atom. The van der Waals surface area contributed by atoms with Crippen molar-refractivity contribution in [1.29, 1.82) is 0 Å². The fourth-order valence-electron chi connectivity index (χ4n) is 2.87. The van der Waals surface area contributed by atoms with Crippen LogP contribution in [0.15, 0.2) is 53.7 Å². The summed E-state index contributed by atoms with van der Waals surface area (Å²) in [4.78, 5) is 8.41. The van der Waals surface area contributed by atoms with Crippen molar-refractivity contribution in [2.75, 3.05) is 18.6 Å². The highest BCUT2D eigenvalue weighted by Crippen LogP contribution is 2.15. The average molecular weight is 516 g/mol. The number of guanidine groups is 1. The maximum atomic E-state index is 11.6. The van der Waals surface area contributed by atoms with Crippen LogP contribution in [0.4, 0.5) is 0 Å². The Balaban J connectivity index is 0.00000280. The molecule has 0 spiro atoms. The number of benzene rings is 1. The predicted molar refractivity (Wildman–Crippen MR) is 121 cm³/mol. The molecular weight excluding hydrogens is 491 g/mol. The second kappa shape index (κ2) is 10.6. The van der Waals surface area contributed by atoms with Crippen molar-refractivity contribution in [1.82, 2.24) is 15.6 Å². The fraction of sp³-hybridized carbons (Fsp3) is 0.368. The predicted octanol–water partition coefficient (Wildman–Crippen LogP) is 2.13. The molecule has 152 valence electrons. The van der Waals surface area contributed by atoms with Crippen LogP contribution in [-0.2, 0) is 23.0 Å². The van der Waals surface area contributed by atoms with E-state index in [-0.39, 0.29) is 41.5 Å². The summed E-state index contributed by atoms with van der Waals surface area (Å²) in [5.41, 5.74) is 1.91. The van der Waals surface area contributed by atoms with Crippen molar-refractivity contribution in [3.8, 4) is 5.75 Å². The van der Waals surface area contributed by atoms with Gasteiger partial charge in [0.1, 0.15) is 12.4 Å². The molecule has 0 saturated carbocycles. The molecule has 0 radical (unpaired) electrons. The summed E-state index contributed by atoms with van der Waals surface area (Å²) in [6.07, 6.45) is 2.35. The molecule has 2 aromatic rings. The highest BCUT2D eigenvalue weighted by molar-refractivity contribution is 14.0. The molecule has 1 aromatic carbocycles. The number of rotatable bonds is 6. The average Bonchev–Trinajstić information content (AvgIpc) is 3.03. The zero-order valence-corrected chi connectivity index (χ0v) is 18.8. The van der Waals surface area contributed by atoms with Crippen LogP contribution in [-0.4, -0.2) is 44.0 Å². The van der Waals surface area contributed by atoms with Crippen molar-refractivity contribution in [2.24, 2.45) is 4.99 Å². The number of aliphatic imine (C=N–C) groups is 1.